The van der Waals surface area contributed by atoms with Gasteiger partial charge < -0.3 is 19.9 Å². The van der Waals surface area contributed by atoms with Crippen LogP contribution in [0.15, 0.2) is 29.2 Å². The number of nitrogens with one attached hydrogen (secondary N) is 1. The molecule has 1 rings (SSSR count). The van der Waals surface area contributed by atoms with Crippen LogP contribution in [0, 0.1) is 0 Å². The monoisotopic (exact) mass is 285 g/mol. The molecular weight excluding hydrogens is 262 g/mol. The summed E-state index contributed by atoms with van der Waals surface area (Å²) in [6.07, 6.45) is -0.418. The van der Waals surface area contributed by atoms with Crippen LogP contribution in [0.25, 0.3) is 0 Å². The molecule has 5 heteroatoms. The molecule has 1 unspecified atom stereocenters. The zero-order valence-corrected chi connectivity index (χ0v) is 12.4. The van der Waals surface area contributed by atoms with E-state index in [4.69, 9.17) is 9.47 Å². The van der Waals surface area contributed by atoms with Gasteiger partial charge in [-0.2, -0.15) is 0 Å². The number of methoxy groups -OCH3 is 2. The van der Waals surface area contributed by atoms with E-state index in [-0.39, 0.29) is 0 Å². The van der Waals surface area contributed by atoms with Crippen molar-refractivity contribution in [2.45, 2.75) is 17.5 Å². The Morgan fingerprint density at radius 3 is 2.89 bits per heavy atom. The first-order valence-electron chi connectivity index (χ1n) is 6.34. The second-order valence-corrected chi connectivity index (χ2v) is 5.33. The van der Waals surface area contributed by atoms with Crippen LogP contribution < -0.4 is 5.32 Å². The number of hydrogen-bond donors (Lipinski definition) is 2. The number of aliphatic hydroxyl groups excluding tert-OH is 1. The van der Waals surface area contributed by atoms with Gasteiger partial charge in [0.25, 0.3) is 0 Å². The molecule has 0 saturated carbocycles. The first kappa shape index (κ1) is 16.5. The van der Waals surface area contributed by atoms with Gasteiger partial charge in [-0.05, 0) is 17.7 Å². The van der Waals surface area contributed by atoms with Crippen LogP contribution in [-0.4, -0.2) is 50.9 Å². The molecule has 0 heterocycles. The lowest BCUT2D eigenvalue weighted by molar-refractivity contribution is 0.0794. The van der Waals surface area contributed by atoms with Crippen molar-refractivity contribution in [1.82, 2.24) is 5.32 Å². The summed E-state index contributed by atoms with van der Waals surface area (Å²) in [7, 11) is 3.30. The van der Waals surface area contributed by atoms with Gasteiger partial charge in [0.1, 0.15) is 0 Å². The molecule has 0 amide bonds. The maximum atomic E-state index is 9.61. The molecule has 0 aliphatic rings. The highest BCUT2D eigenvalue weighted by molar-refractivity contribution is 7.99. The van der Waals surface area contributed by atoms with Gasteiger partial charge in [-0.15, -0.1) is 11.8 Å². The van der Waals surface area contributed by atoms with E-state index in [1.165, 1.54) is 10.5 Å². The van der Waals surface area contributed by atoms with Gasteiger partial charge in [-0.3, -0.25) is 0 Å². The summed E-state index contributed by atoms with van der Waals surface area (Å²) < 4.78 is 9.89. The number of hydrogen-bond acceptors (Lipinski definition) is 5. The molecule has 0 bridgehead atoms. The lowest BCUT2D eigenvalue weighted by Crippen LogP contribution is -2.18. The fourth-order valence-corrected chi connectivity index (χ4v) is 2.48. The second kappa shape index (κ2) is 10.2. The zero-order chi connectivity index (χ0) is 13.9. The normalized spacial score (nSPS) is 12.6. The summed E-state index contributed by atoms with van der Waals surface area (Å²) in [6.45, 7) is 2.78. The fraction of sp³-hybridized carbons (Fsp3) is 0.571. The lowest BCUT2D eigenvalue weighted by Gasteiger charge is -2.10. The summed E-state index contributed by atoms with van der Waals surface area (Å²) >= 11 is 1.64. The van der Waals surface area contributed by atoms with Crippen LogP contribution in [-0.2, 0) is 16.0 Å². The van der Waals surface area contributed by atoms with E-state index in [1.54, 1.807) is 26.0 Å². The number of ether oxygens (including phenoxy) is 2. The average Bonchev–Trinajstić information content (AvgIpc) is 2.42. The Kier molecular flexibility index (Phi) is 8.86. The highest BCUT2D eigenvalue weighted by Gasteiger charge is 2.04. The van der Waals surface area contributed by atoms with Crippen LogP contribution in [0.5, 0.6) is 0 Å². The number of benzene rings is 1. The van der Waals surface area contributed by atoms with Crippen molar-refractivity contribution in [3.63, 3.8) is 0 Å². The van der Waals surface area contributed by atoms with E-state index in [9.17, 15) is 5.11 Å². The minimum atomic E-state index is -0.418. The van der Waals surface area contributed by atoms with Gasteiger partial charge >= 0.3 is 0 Å². The largest absolute Gasteiger partial charge is 0.390 e. The molecule has 1 aromatic rings. The van der Waals surface area contributed by atoms with Gasteiger partial charge in [-0.25, -0.2) is 0 Å². The molecule has 4 nitrogen and oxygen atoms in total. The third kappa shape index (κ3) is 7.54. The van der Waals surface area contributed by atoms with Crippen LogP contribution >= 0.6 is 11.8 Å². The predicted molar refractivity (Wildman–Crippen MR) is 78.6 cm³/mol. The first-order valence-corrected chi connectivity index (χ1v) is 7.33. The molecular formula is C14H23NO3S. The number of aliphatic hydroxyl groups is 1. The molecule has 0 aromatic heterocycles. The molecule has 0 fully saturated rings. The van der Waals surface area contributed by atoms with Gasteiger partial charge in [-0.1, -0.05) is 12.1 Å². The van der Waals surface area contributed by atoms with E-state index in [2.05, 4.69) is 23.5 Å². The minimum Gasteiger partial charge on any atom is -0.390 e. The van der Waals surface area contributed by atoms with Crippen LogP contribution in [0.1, 0.15) is 5.56 Å². The van der Waals surface area contributed by atoms with Gasteiger partial charge in [0.05, 0.1) is 19.3 Å². The molecule has 1 atom stereocenters. The second-order valence-electron chi connectivity index (χ2n) is 4.24. The average molecular weight is 285 g/mol. The third-order valence-corrected chi connectivity index (χ3v) is 3.65. The Morgan fingerprint density at radius 2 is 2.16 bits per heavy atom. The Labute approximate surface area is 119 Å². The molecule has 0 aliphatic heterocycles. The Balaban J connectivity index is 2.34. The van der Waals surface area contributed by atoms with E-state index in [1.807, 2.05) is 6.07 Å². The predicted octanol–water partition coefficient (Wildman–Crippen LogP) is 1.52. The van der Waals surface area contributed by atoms with Crippen molar-refractivity contribution in [1.29, 1.82) is 0 Å². The Morgan fingerprint density at radius 1 is 1.32 bits per heavy atom. The Hall–Kier alpha value is -0.590. The first-order chi connectivity index (χ1) is 9.26. The molecule has 19 heavy (non-hydrogen) atoms. The fourth-order valence-electron chi connectivity index (χ4n) is 1.59. The topological polar surface area (TPSA) is 50.7 Å². The van der Waals surface area contributed by atoms with Crippen LogP contribution in [0.3, 0.4) is 0 Å². The van der Waals surface area contributed by atoms with Gasteiger partial charge in [0, 0.05) is 38.0 Å². The van der Waals surface area contributed by atoms with Crippen LogP contribution in [0.4, 0.5) is 0 Å². The van der Waals surface area contributed by atoms with Crippen molar-refractivity contribution in [2.24, 2.45) is 0 Å². The number of thioether (sulfide) groups is 1. The summed E-state index contributed by atoms with van der Waals surface area (Å²) in [5, 5.41) is 12.9. The standard InChI is InChI=1S/C14H23NO3S/c1-17-7-6-15-9-12-4-3-5-14(8-12)19-11-13(16)10-18-2/h3-5,8,13,15-16H,6-7,9-11H2,1-2H3. The van der Waals surface area contributed by atoms with Crippen molar-refractivity contribution < 1.29 is 14.6 Å². The number of rotatable bonds is 10. The SMILES string of the molecule is COCCNCc1cccc(SCC(O)COC)c1. The van der Waals surface area contributed by atoms with Crippen LogP contribution in [0.2, 0.25) is 0 Å². The molecule has 2 N–H and O–H groups in total. The molecule has 0 saturated heterocycles. The zero-order valence-electron chi connectivity index (χ0n) is 11.6. The maximum absolute atomic E-state index is 9.61. The lowest BCUT2D eigenvalue weighted by atomic mass is 10.2. The highest BCUT2D eigenvalue weighted by atomic mass is 32.2. The molecule has 0 aliphatic carbocycles. The molecule has 108 valence electrons. The smallest absolute Gasteiger partial charge is 0.0867 e. The van der Waals surface area contributed by atoms with Crippen molar-refractivity contribution in [3.05, 3.63) is 29.8 Å². The molecule has 0 radical (unpaired) electrons. The summed E-state index contributed by atoms with van der Waals surface area (Å²) in [4.78, 5) is 1.17. The van der Waals surface area contributed by atoms with E-state index in [0.717, 1.165) is 19.7 Å². The van der Waals surface area contributed by atoms with Gasteiger partial charge in [0.2, 0.25) is 0 Å². The third-order valence-electron chi connectivity index (χ3n) is 2.51. The van der Waals surface area contributed by atoms with E-state index in [0.29, 0.717) is 12.4 Å². The minimum absolute atomic E-state index is 0.380. The van der Waals surface area contributed by atoms with E-state index >= 15 is 0 Å². The quantitative estimate of drug-likeness (QED) is 0.504. The molecule has 0 spiro atoms. The summed E-state index contributed by atoms with van der Waals surface area (Å²) in [6, 6.07) is 8.33. The van der Waals surface area contributed by atoms with Crippen molar-refractivity contribution in [2.75, 3.05) is 39.7 Å². The Bertz CT molecular complexity index is 349. The highest BCUT2D eigenvalue weighted by Crippen LogP contribution is 2.20. The summed E-state index contributed by atoms with van der Waals surface area (Å²) in [5.41, 5.74) is 1.24. The van der Waals surface area contributed by atoms with Gasteiger partial charge in [0.15, 0.2) is 0 Å². The van der Waals surface area contributed by atoms with E-state index < -0.39 is 6.10 Å². The summed E-state index contributed by atoms with van der Waals surface area (Å²) in [5.74, 6) is 0.647. The maximum Gasteiger partial charge on any atom is 0.0867 e. The van der Waals surface area contributed by atoms with Crippen molar-refractivity contribution in [3.8, 4) is 0 Å². The molecule has 1 aromatic carbocycles. The van der Waals surface area contributed by atoms with Crippen molar-refractivity contribution >= 4 is 11.8 Å².